The molecule has 1 aliphatic heterocycles. The maximum absolute atomic E-state index is 12.0. The molecule has 2 N–H and O–H groups in total. The largest absolute Gasteiger partial charge is 0.463 e. The van der Waals surface area contributed by atoms with Gasteiger partial charge in [-0.2, -0.15) is 0 Å². The van der Waals surface area contributed by atoms with Crippen LogP contribution >= 0.6 is 12.4 Å². The number of hydrogen-bond acceptors (Lipinski definition) is 4. The van der Waals surface area contributed by atoms with Crippen LogP contribution < -0.4 is 10.6 Å². The molecule has 0 aromatic heterocycles. The SMILES string of the molecule is CC(C)OC(=O)C(C)CNC(=O)[C@H]1CCN[C@@H](C)C1.Cl. The van der Waals surface area contributed by atoms with Crippen LogP contribution in [0.2, 0.25) is 0 Å². The van der Waals surface area contributed by atoms with Crippen molar-refractivity contribution in [2.24, 2.45) is 11.8 Å². The molecular formula is C14H27ClN2O3. The van der Waals surface area contributed by atoms with Crippen molar-refractivity contribution in [1.29, 1.82) is 0 Å². The van der Waals surface area contributed by atoms with Gasteiger partial charge in [0.15, 0.2) is 0 Å². The fourth-order valence-electron chi connectivity index (χ4n) is 2.20. The van der Waals surface area contributed by atoms with Crippen molar-refractivity contribution in [2.45, 2.75) is 52.7 Å². The first-order valence-corrected chi connectivity index (χ1v) is 7.11. The Bertz CT molecular complexity index is 324. The lowest BCUT2D eigenvalue weighted by atomic mass is 9.92. The molecule has 0 aliphatic carbocycles. The molecule has 1 unspecified atom stereocenters. The van der Waals surface area contributed by atoms with E-state index in [1.165, 1.54) is 0 Å². The summed E-state index contributed by atoms with van der Waals surface area (Å²) in [6.45, 7) is 8.73. The summed E-state index contributed by atoms with van der Waals surface area (Å²) in [6.07, 6.45) is 1.61. The summed E-state index contributed by atoms with van der Waals surface area (Å²) < 4.78 is 5.11. The number of hydrogen-bond donors (Lipinski definition) is 2. The number of carbonyl (C=O) groups excluding carboxylic acids is 2. The highest BCUT2D eigenvalue weighted by molar-refractivity contribution is 5.85. The number of carbonyl (C=O) groups is 2. The van der Waals surface area contributed by atoms with E-state index in [4.69, 9.17) is 4.74 Å². The summed E-state index contributed by atoms with van der Waals surface area (Å²) in [7, 11) is 0. The molecular weight excluding hydrogens is 280 g/mol. The summed E-state index contributed by atoms with van der Waals surface area (Å²) in [6, 6.07) is 0.382. The highest BCUT2D eigenvalue weighted by Gasteiger charge is 2.25. The second kappa shape index (κ2) is 9.19. The van der Waals surface area contributed by atoms with Gasteiger partial charge in [-0.3, -0.25) is 9.59 Å². The van der Waals surface area contributed by atoms with Gasteiger partial charge in [0.25, 0.3) is 0 Å². The van der Waals surface area contributed by atoms with E-state index in [0.717, 1.165) is 19.4 Å². The molecule has 0 bridgehead atoms. The van der Waals surface area contributed by atoms with Gasteiger partial charge >= 0.3 is 5.97 Å². The van der Waals surface area contributed by atoms with Crippen LogP contribution in [0.25, 0.3) is 0 Å². The molecule has 6 heteroatoms. The fraction of sp³-hybridized carbons (Fsp3) is 0.857. The van der Waals surface area contributed by atoms with E-state index in [-0.39, 0.29) is 42.2 Å². The predicted molar refractivity (Wildman–Crippen MR) is 80.8 cm³/mol. The molecule has 1 amide bonds. The first-order valence-electron chi connectivity index (χ1n) is 7.11. The van der Waals surface area contributed by atoms with Crippen LogP contribution in [0.3, 0.4) is 0 Å². The van der Waals surface area contributed by atoms with Gasteiger partial charge in [-0.05, 0) is 40.2 Å². The van der Waals surface area contributed by atoms with Gasteiger partial charge in [-0.15, -0.1) is 12.4 Å². The van der Waals surface area contributed by atoms with Gasteiger partial charge < -0.3 is 15.4 Å². The Balaban J connectivity index is 0.00000361. The van der Waals surface area contributed by atoms with Crippen molar-refractivity contribution in [3.05, 3.63) is 0 Å². The van der Waals surface area contributed by atoms with Crippen LogP contribution in [-0.4, -0.2) is 37.1 Å². The predicted octanol–water partition coefficient (Wildman–Crippen LogP) is 1.50. The maximum atomic E-state index is 12.0. The normalized spacial score (nSPS) is 23.6. The van der Waals surface area contributed by atoms with Crippen molar-refractivity contribution in [2.75, 3.05) is 13.1 Å². The van der Waals surface area contributed by atoms with E-state index in [9.17, 15) is 9.59 Å². The molecule has 0 aromatic rings. The number of esters is 1. The number of piperidine rings is 1. The molecule has 1 rings (SSSR count). The molecule has 118 valence electrons. The van der Waals surface area contributed by atoms with Crippen molar-refractivity contribution < 1.29 is 14.3 Å². The van der Waals surface area contributed by atoms with E-state index in [1.807, 2.05) is 13.8 Å². The molecule has 3 atom stereocenters. The van der Waals surface area contributed by atoms with Crippen LogP contribution in [-0.2, 0) is 14.3 Å². The van der Waals surface area contributed by atoms with Gasteiger partial charge in [0, 0.05) is 18.5 Å². The van der Waals surface area contributed by atoms with E-state index in [0.29, 0.717) is 12.6 Å². The van der Waals surface area contributed by atoms with Crippen molar-refractivity contribution >= 4 is 24.3 Å². The zero-order chi connectivity index (χ0) is 14.4. The summed E-state index contributed by atoms with van der Waals surface area (Å²) in [5, 5.41) is 6.18. The zero-order valence-electron chi connectivity index (χ0n) is 12.8. The highest BCUT2D eigenvalue weighted by atomic mass is 35.5. The first-order chi connectivity index (χ1) is 8.90. The van der Waals surface area contributed by atoms with E-state index in [1.54, 1.807) is 6.92 Å². The Labute approximate surface area is 127 Å². The second-order valence-corrected chi connectivity index (χ2v) is 5.71. The quantitative estimate of drug-likeness (QED) is 0.755. The Morgan fingerprint density at radius 1 is 1.35 bits per heavy atom. The lowest BCUT2D eigenvalue weighted by molar-refractivity contribution is -0.151. The molecule has 1 heterocycles. The van der Waals surface area contributed by atoms with Crippen molar-refractivity contribution in [1.82, 2.24) is 10.6 Å². The lowest BCUT2D eigenvalue weighted by Crippen LogP contribution is -2.43. The summed E-state index contributed by atoms with van der Waals surface area (Å²) >= 11 is 0. The molecule has 0 radical (unpaired) electrons. The maximum Gasteiger partial charge on any atom is 0.310 e. The number of rotatable bonds is 5. The monoisotopic (exact) mass is 306 g/mol. The smallest absolute Gasteiger partial charge is 0.310 e. The van der Waals surface area contributed by atoms with Crippen LogP contribution in [0.1, 0.15) is 40.5 Å². The van der Waals surface area contributed by atoms with Gasteiger partial charge in [0.05, 0.1) is 12.0 Å². The van der Waals surface area contributed by atoms with Crippen molar-refractivity contribution in [3.63, 3.8) is 0 Å². The summed E-state index contributed by atoms with van der Waals surface area (Å²) in [5.74, 6) is -0.443. The van der Waals surface area contributed by atoms with E-state index < -0.39 is 0 Å². The van der Waals surface area contributed by atoms with Gasteiger partial charge in [-0.25, -0.2) is 0 Å². The molecule has 0 saturated carbocycles. The molecule has 1 saturated heterocycles. The third-order valence-corrected chi connectivity index (χ3v) is 3.33. The van der Waals surface area contributed by atoms with Gasteiger partial charge in [-0.1, -0.05) is 6.92 Å². The van der Waals surface area contributed by atoms with Crippen LogP contribution in [0.15, 0.2) is 0 Å². The second-order valence-electron chi connectivity index (χ2n) is 5.71. The van der Waals surface area contributed by atoms with Gasteiger partial charge in [0.1, 0.15) is 0 Å². The summed E-state index contributed by atoms with van der Waals surface area (Å²) in [5.41, 5.74) is 0. The van der Waals surface area contributed by atoms with E-state index in [2.05, 4.69) is 17.6 Å². The zero-order valence-corrected chi connectivity index (χ0v) is 13.6. The average molecular weight is 307 g/mol. The molecule has 1 aliphatic rings. The number of amides is 1. The van der Waals surface area contributed by atoms with Gasteiger partial charge in [0.2, 0.25) is 5.91 Å². The van der Waals surface area contributed by atoms with E-state index >= 15 is 0 Å². The molecule has 0 spiro atoms. The highest BCUT2D eigenvalue weighted by Crippen LogP contribution is 2.16. The number of halogens is 1. The Morgan fingerprint density at radius 2 is 2.00 bits per heavy atom. The molecule has 0 aromatic carbocycles. The fourth-order valence-corrected chi connectivity index (χ4v) is 2.20. The molecule has 5 nitrogen and oxygen atoms in total. The topological polar surface area (TPSA) is 67.4 Å². The van der Waals surface area contributed by atoms with Crippen molar-refractivity contribution in [3.8, 4) is 0 Å². The minimum absolute atomic E-state index is 0. The minimum atomic E-state index is -0.300. The minimum Gasteiger partial charge on any atom is -0.463 e. The third kappa shape index (κ3) is 6.57. The number of ether oxygens (including phenoxy) is 1. The Morgan fingerprint density at radius 3 is 2.55 bits per heavy atom. The average Bonchev–Trinajstić information content (AvgIpc) is 2.34. The molecule has 1 fully saturated rings. The number of nitrogens with one attached hydrogen (secondary N) is 2. The van der Waals surface area contributed by atoms with Crippen LogP contribution in [0, 0.1) is 11.8 Å². The third-order valence-electron chi connectivity index (χ3n) is 3.33. The molecule has 20 heavy (non-hydrogen) atoms. The first kappa shape index (κ1) is 19.2. The van der Waals surface area contributed by atoms with Crippen LogP contribution in [0.4, 0.5) is 0 Å². The Hall–Kier alpha value is -0.810. The van der Waals surface area contributed by atoms with Crippen LogP contribution in [0.5, 0.6) is 0 Å². The standard InChI is InChI=1S/C14H26N2O3.ClH/c1-9(2)19-14(18)10(3)8-16-13(17)12-5-6-15-11(4)7-12;/h9-12,15H,5-8H2,1-4H3,(H,16,17);1H/t10?,11-,12-;/m0./s1. The Kier molecular flexibility index (Phi) is 8.81. The lowest BCUT2D eigenvalue weighted by Gasteiger charge is -2.27. The summed E-state index contributed by atoms with van der Waals surface area (Å²) in [4.78, 5) is 23.6.